The van der Waals surface area contributed by atoms with E-state index in [1.165, 1.54) is 28.8 Å². The lowest BCUT2D eigenvalue weighted by molar-refractivity contribution is -0.122. The average Bonchev–Trinajstić information content (AvgIpc) is 3.20. The van der Waals surface area contributed by atoms with Crippen molar-refractivity contribution in [2.75, 3.05) is 13.2 Å². The maximum Gasteiger partial charge on any atom is 0.220 e. The van der Waals surface area contributed by atoms with Crippen molar-refractivity contribution in [3.63, 3.8) is 0 Å². The van der Waals surface area contributed by atoms with Crippen molar-refractivity contribution in [2.45, 2.75) is 83.1 Å². The molecule has 4 atom stereocenters. The number of allylic oxidation sites excluding steroid dienone is 1. The summed E-state index contributed by atoms with van der Waals surface area (Å²) >= 11 is 0. The predicted molar refractivity (Wildman–Crippen MR) is 145 cm³/mol. The highest BCUT2D eigenvalue weighted by Crippen LogP contribution is 2.41. The number of hydrogen-bond donors (Lipinski definition) is 3. The van der Waals surface area contributed by atoms with Crippen LogP contribution in [0.3, 0.4) is 0 Å². The molecule has 2 aliphatic rings. The van der Waals surface area contributed by atoms with Crippen LogP contribution in [0.5, 0.6) is 0 Å². The molecule has 2 aromatic rings. The van der Waals surface area contributed by atoms with Crippen LogP contribution in [0, 0.1) is 17.6 Å². The lowest BCUT2D eigenvalue weighted by Gasteiger charge is -2.26. The number of amides is 1. The number of aliphatic hydroxyl groups is 1. The quantitative estimate of drug-likeness (QED) is 0.452. The minimum absolute atomic E-state index is 0.0106. The van der Waals surface area contributed by atoms with E-state index in [0.717, 1.165) is 31.7 Å². The molecule has 5 nitrogen and oxygen atoms in total. The number of carbonyl (C=O) groups is 1. The van der Waals surface area contributed by atoms with Crippen molar-refractivity contribution < 1.29 is 23.4 Å². The van der Waals surface area contributed by atoms with Crippen LogP contribution >= 0.6 is 0 Å². The Labute approximate surface area is 224 Å². The van der Waals surface area contributed by atoms with Gasteiger partial charge in [-0.15, -0.1) is 0 Å². The Bertz CT molecular complexity index is 1100. The zero-order chi connectivity index (χ0) is 27.1. The Morgan fingerprint density at radius 3 is 2.61 bits per heavy atom. The van der Waals surface area contributed by atoms with E-state index in [2.05, 4.69) is 42.7 Å². The first kappa shape index (κ1) is 28.4. The summed E-state index contributed by atoms with van der Waals surface area (Å²) in [4.78, 5) is 12.7. The molecule has 0 saturated carbocycles. The molecule has 2 bridgehead atoms. The van der Waals surface area contributed by atoms with Crippen LogP contribution in [-0.4, -0.2) is 36.3 Å². The highest BCUT2D eigenvalue weighted by Gasteiger charge is 2.33. The predicted octanol–water partition coefficient (Wildman–Crippen LogP) is 5.47. The van der Waals surface area contributed by atoms with Crippen LogP contribution in [0.1, 0.15) is 80.4 Å². The molecule has 1 heterocycles. The Balaban J connectivity index is 1.55. The van der Waals surface area contributed by atoms with Gasteiger partial charge in [-0.25, -0.2) is 8.78 Å². The molecule has 1 aliphatic heterocycles. The van der Waals surface area contributed by atoms with Crippen LogP contribution in [0.2, 0.25) is 0 Å². The SMILES string of the molecule is CC(C)CCc1ccc2c(c1)[C@@H]1C[C@H]2OC/C=C\CCCC(=O)N[C@@H](Cc2cc(F)cc(F)c2)[C@H](O)CN1. The molecule has 1 amide bonds. The summed E-state index contributed by atoms with van der Waals surface area (Å²) in [5.41, 5.74) is 4.03. The van der Waals surface area contributed by atoms with Crippen molar-refractivity contribution in [3.05, 3.63) is 82.4 Å². The lowest BCUT2D eigenvalue weighted by atomic mass is 9.97. The molecule has 0 fully saturated rings. The first-order chi connectivity index (χ1) is 18.3. The van der Waals surface area contributed by atoms with Gasteiger partial charge in [-0.1, -0.05) is 44.2 Å². The zero-order valence-electron chi connectivity index (χ0n) is 22.4. The van der Waals surface area contributed by atoms with Crippen molar-refractivity contribution >= 4 is 5.91 Å². The Morgan fingerprint density at radius 1 is 1.05 bits per heavy atom. The maximum atomic E-state index is 13.8. The van der Waals surface area contributed by atoms with Gasteiger partial charge in [0.2, 0.25) is 5.91 Å². The van der Waals surface area contributed by atoms with E-state index in [-0.39, 0.29) is 31.0 Å². The number of ether oxygens (including phenoxy) is 1. The number of halogens is 2. The van der Waals surface area contributed by atoms with Crippen LogP contribution < -0.4 is 10.6 Å². The molecular weight excluding hydrogens is 486 g/mol. The van der Waals surface area contributed by atoms with Gasteiger partial charge >= 0.3 is 0 Å². The van der Waals surface area contributed by atoms with Gasteiger partial charge in [0.05, 0.1) is 24.9 Å². The van der Waals surface area contributed by atoms with Crippen LogP contribution in [0.15, 0.2) is 48.6 Å². The molecule has 0 aromatic heterocycles. The first-order valence-corrected chi connectivity index (χ1v) is 13.8. The maximum absolute atomic E-state index is 13.8. The molecule has 38 heavy (non-hydrogen) atoms. The van der Waals surface area contributed by atoms with Crippen molar-refractivity contribution in [3.8, 4) is 0 Å². The number of benzene rings is 2. The van der Waals surface area contributed by atoms with Gasteiger partial charge in [-0.2, -0.15) is 0 Å². The number of aryl methyl sites for hydroxylation is 1. The van der Waals surface area contributed by atoms with Crippen molar-refractivity contribution in [1.82, 2.24) is 10.6 Å². The third kappa shape index (κ3) is 7.95. The smallest absolute Gasteiger partial charge is 0.220 e. The highest BCUT2D eigenvalue weighted by molar-refractivity contribution is 5.76. The van der Waals surface area contributed by atoms with Gasteiger partial charge < -0.3 is 20.5 Å². The van der Waals surface area contributed by atoms with Crippen molar-refractivity contribution in [1.29, 1.82) is 0 Å². The normalized spacial score (nSPS) is 25.7. The van der Waals surface area contributed by atoms with Crippen LogP contribution in [0.4, 0.5) is 8.78 Å². The third-order valence-electron chi connectivity index (χ3n) is 7.43. The summed E-state index contributed by atoms with van der Waals surface area (Å²) in [6.45, 7) is 5.17. The standard InChI is InChI=1S/C31H40F2N2O3/c1-20(2)8-9-21-10-11-25-26(15-21)27-18-30(25)38-12-6-4-3-5-7-31(37)35-28(29(36)19-34-27)16-22-13-23(32)17-24(33)14-22/h4,6,10-11,13-15,17,20,27-30,34,36H,3,5,7-9,12,16,18-19H2,1-2H3,(H,35,37)/b6-4-/t27-,28-,29+,30+/m0/s1. The van der Waals surface area contributed by atoms with E-state index in [1.807, 2.05) is 12.2 Å². The number of hydrogen-bond acceptors (Lipinski definition) is 4. The molecule has 0 unspecified atom stereocenters. The fraction of sp³-hybridized carbons (Fsp3) is 0.516. The zero-order valence-corrected chi connectivity index (χ0v) is 22.4. The fourth-order valence-corrected chi connectivity index (χ4v) is 5.34. The molecule has 1 aliphatic carbocycles. The van der Waals surface area contributed by atoms with Gasteiger partial charge in [-0.05, 0) is 78.8 Å². The summed E-state index contributed by atoms with van der Waals surface area (Å²) < 4.78 is 33.9. The summed E-state index contributed by atoms with van der Waals surface area (Å²) in [7, 11) is 0. The van der Waals surface area contributed by atoms with E-state index in [0.29, 0.717) is 30.9 Å². The van der Waals surface area contributed by atoms with Crippen LogP contribution in [-0.2, 0) is 22.4 Å². The molecular formula is C31H40F2N2O3. The largest absolute Gasteiger partial charge is 0.390 e. The second kappa shape index (κ2) is 13.5. The molecule has 0 radical (unpaired) electrons. The van der Waals surface area contributed by atoms with E-state index in [4.69, 9.17) is 4.74 Å². The Morgan fingerprint density at radius 2 is 1.84 bits per heavy atom. The van der Waals surface area contributed by atoms with Gasteiger partial charge in [0.1, 0.15) is 11.6 Å². The average molecular weight is 527 g/mol. The van der Waals surface area contributed by atoms with Crippen molar-refractivity contribution in [2.24, 2.45) is 5.92 Å². The highest BCUT2D eigenvalue weighted by atomic mass is 19.1. The number of aliphatic hydroxyl groups excluding tert-OH is 1. The van der Waals surface area contributed by atoms with Gasteiger partial charge in [0.15, 0.2) is 0 Å². The van der Waals surface area contributed by atoms with Crippen LogP contribution in [0.25, 0.3) is 0 Å². The van der Waals surface area contributed by atoms with E-state index in [1.54, 1.807) is 0 Å². The Hall–Kier alpha value is -2.61. The molecule has 0 saturated heterocycles. The molecule has 206 valence electrons. The topological polar surface area (TPSA) is 70.6 Å². The summed E-state index contributed by atoms with van der Waals surface area (Å²) in [6.07, 6.45) is 7.73. The summed E-state index contributed by atoms with van der Waals surface area (Å²) in [5, 5.41) is 17.6. The second-order valence-electron chi connectivity index (χ2n) is 11.0. The molecule has 4 rings (SSSR count). The molecule has 0 spiro atoms. The number of fused-ring (bicyclic) bond motifs is 5. The Kier molecular flexibility index (Phi) is 10.1. The van der Waals surface area contributed by atoms with E-state index in [9.17, 15) is 18.7 Å². The van der Waals surface area contributed by atoms with Gasteiger partial charge in [0, 0.05) is 25.1 Å². The second-order valence-corrected chi connectivity index (χ2v) is 11.0. The minimum atomic E-state index is -0.953. The van der Waals surface area contributed by atoms with E-state index < -0.39 is 23.8 Å². The number of rotatable bonds is 5. The lowest BCUT2D eigenvalue weighted by Crippen LogP contribution is -2.49. The summed E-state index contributed by atoms with van der Waals surface area (Å²) in [5.74, 6) is -0.929. The molecule has 7 heteroatoms. The third-order valence-corrected chi connectivity index (χ3v) is 7.43. The monoisotopic (exact) mass is 526 g/mol. The minimum Gasteiger partial charge on any atom is -0.390 e. The van der Waals surface area contributed by atoms with Gasteiger partial charge in [0.25, 0.3) is 0 Å². The number of nitrogens with one attached hydrogen (secondary N) is 2. The number of β-amino-alcohol motifs (C(OH)–C–C–N with tert-alkyl or cyclic N) is 1. The fourth-order valence-electron chi connectivity index (χ4n) is 5.34. The summed E-state index contributed by atoms with van der Waals surface area (Å²) in [6, 6.07) is 9.22. The first-order valence-electron chi connectivity index (χ1n) is 13.8. The molecule has 3 N–H and O–H groups in total. The van der Waals surface area contributed by atoms with E-state index >= 15 is 0 Å². The number of carbonyl (C=O) groups excluding carboxylic acids is 1. The molecule has 2 aromatic carbocycles. The van der Waals surface area contributed by atoms with Gasteiger partial charge in [-0.3, -0.25) is 4.79 Å².